The average Bonchev–Trinajstić information content (AvgIpc) is 2.67. The number of nitrogens with zero attached hydrogens (tertiary/aromatic N) is 1. The first kappa shape index (κ1) is 16.9. The Morgan fingerprint density at radius 1 is 1.32 bits per heavy atom. The Labute approximate surface area is 132 Å². The van der Waals surface area contributed by atoms with Gasteiger partial charge in [0, 0.05) is 18.3 Å². The first-order valence-corrected chi connectivity index (χ1v) is 7.41. The first-order chi connectivity index (χ1) is 10.3. The standard InChI is InChI=1S/C16H23BN2O3/c1-15(2)16(3,4)22-17(21-15)13(10-18-5)9-14-12(11-20)7-6-8-19-14/h6-9,11,18H,10H2,1-5H3. The highest BCUT2D eigenvalue weighted by Gasteiger charge is 2.52. The summed E-state index contributed by atoms with van der Waals surface area (Å²) in [7, 11) is 1.40. The quantitative estimate of drug-likeness (QED) is 0.667. The molecular weight excluding hydrogens is 279 g/mol. The number of carbonyl (C=O) groups excluding carboxylic acids is 1. The summed E-state index contributed by atoms with van der Waals surface area (Å²) in [5, 5.41) is 3.11. The molecule has 1 aliphatic heterocycles. The largest absolute Gasteiger partial charge is 0.491 e. The molecule has 1 aromatic rings. The highest BCUT2D eigenvalue weighted by atomic mass is 16.7. The third kappa shape index (κ3) is 3.29. The van der Waals surface area contributed by atoms with Gasteiger partial charge in [-0.25, -0.2) is 0 Å². The highest BCUT2D eigenvalue weighted by Crippen LogP contribution is 2.38. The fourth-order valence-electron chi connectivity index (χ4n) is 2.23. The van der Waals surface area contributed by atoms with E-state index in [0.29, 0.717) is 17.8 Å². The molecule has 5 nitrogen and oxygen atoms in total. The minimum atomic E-state index is -0.459. The summed E-state index contributed by atoms with van der Waals surface area (Å²) in [6.45, 7) is 8.65. The molecule has 1 aromatic heterocycles. The number of nitrogens with one attached hydrogen (secondary N) is 1. The van der Waals surface area contributed by atoms with E-state index in [4.69, 9.17) is 9.31 Å². The third-order valence-electron chi connectivity index (χ3n) is 4.26. The predicted octanol–water partition coefficient (Wildman–Crippen LogP) is 2.13. The Kier molecular flexibility index (Phi) is 4.85. The molecule has 1 aliphatic rings. The number of aldehydes is 1. The van der Waals surface area contributed by atoms with Crippen molar-refractivity contribution in [1.82, 2.24) is 10.3 Å². The third-order valence-corrected chi connectivity index (χ3v) is 4.26. The van der Waals surface area contributed by atoms with Gasteiger partial charge in [0.25, 0.3) is 0 Å². The van der Waals surface area contributed by atoms with Gasteiger partial charge in [-0.05, 0) is 58.4 Å². The van der Waals surface area contributed by atoms with Crippen LogP contribution in [0.4, 0.5) is 0 Å². The van der Waals surface area contributed by atoms with E-state index >= 15 is 0 Å². The van der Waals surface area contributed by atoms with E-state index in [9.17, 15) is 4.79 Å². The van der Waals surface area contributed by atoms with Crippen LogP contribution in [0.3, 0.4) is 0 Å². The number of pyridine rings is 1. The van der Waals surface area contributed by atoms with Gasteiger partial charge in [0.1, 0.15) is 0 Å². The summed E-state index contributed by atoms with van der Waals surface area (Å²) in [6.07, 6.45) is 4.34. The molecule has 0 bridgehead atoms. The molecule has 0 atom stereocenters. The number of hydrogen-bond acceptors (Lipinski definition) is 5. The summed E-state index contributed by atoms with van der Waals surface area (Å²) in [5.74, 6) is 0. The van der Waals surface area contributed by atoms with Crippen LogP contribution in [-0.4, -0.2) is 43.2 Å². The summed E-state index contributed by atoms with van der Waals surface area (Å²) in [6, 6.07) is 3.49. The summed E-state index contributed by atoms with van der Waals surface area (Å²) >= 11 is 0. The second kappa shape index (κ2) is 6.32. The van der Waals surface area contributed by atoms with Gasteiger partial charge in [-0.1, -0.05) is 0 Å². The molecule has 2 rings (SSSR count). The number of rotatable bonds is 5. The topological polar surface area (TPSA) is 60.5 Å². The van der Waals surface area contributed by atoms with Crippen LogP contribution in [0.15, 0.2) is 23.8 Å². The molecule has 118 valence electrons. The fourth-order valence-corrected chi connectivity index (χ4v) is 2.23. The summed E-state index contributed by atoms with van der Waals surface area (Å²) < 4.78 is 12.2. The van der Waals surface area contributed by atoms with Crippen molar-refractivity contribution in [2.45, 2.75) is 38.9 Å². The van der Waals surface area contributed by atoms with Gasteiger partial charge in [-0.2, -0.15) is 0 Å². The lowest BCUT2D eigenvalue weighted by atomic mass is 9.77. The molecule has 6 heteroatoms. The maximum Gasteiger partial charge on any atom is 0.491 e. The molecule has 1 N–H and O–H groups in total. The lowest BCUT2D eigenvalue weighted by molar-refractivity contribution is 0.00578. The number of hydrogen-bond donors (Lipinski definition) is 1. The number of carbonyl (C=O) groups is 1. The van der Waals surface area contributed by atoms with E-state index in [2.05, 4.69) is 10.3 Å². The van der Waals surface area contributed by atoms with Crippen LogP contribution >= 0.6 is 0 Å². The van der Waals surface area contributed by atoms with Crippen LogP contribution in [0.25, 0.3) is 6.08 Å². The SMILES string of the molecule is CNCC(=Cc1ncccc1C=O)B1OC(C)(C)C(C)(C)O1. The van der Waals surface area contributed by atoms with Gasteiger partial charge >= 0.3 is 7.12 Å². The van der Waals surface area contributed by atoms with E-state index in [1.54, 1.807) is 18.3 Å². The van der Waals surface area contributed by atoms with Crippen molar-refractivity contribution in [3.63, 3.8) is 0 Å². The van der Waals surface area contributed by atoms with Gasteiger partial charge in [-0.15, -0.1) is 0 Å². The molecule has 0 amide bonds. The van der Waals surface area contributed by atoms with Crippen LogP contribution in [0.1, 0.15) is 43.7 Å². The van der Waals surface area contributed by atoms with Crippen LogP contribution < -0.4 is 5.32 Å². The van der Waals surface area contributed by atoms with E-state index in [0.717, 1.165) is 11.8 Å². The van der Waals surface area contributed by atoms with Crippen molar-refractivity contribution >= 4 is 19.5 Å². The lowest BCUT2D eigenvalue weighted by Crippen LogP contribution is -2.41. The molecule has 1 saturated heterocycles. The van der Waals surface area contributed by atoms with Gasteiger partial charge in [0.15, 0.2) is 6.29 Å². The van der Waals surface area contributed by atoms with Gasteiger partial charge in [-0.3, -0.25) is 9.78 Å². The van der Waals surface area contributed by atoms with Crippen molar-refractivity contribution in [3.8, 4) is 0 Å². The van der Waals surface area contributed by atoms with Crippen molar-refractivity contribution in [3.05, 3.63) is 35.1 Å². The molecule has 0 radical (unpaired) electrons. The molecule has 1 fully saturated rings. The molecule has 22 heavy (non-hydrogen) atoms. The van der Waals surface area contributed by atoms with Crippen LogP contribution in [0, 0.1) is 0 Å². The zero-order valence-electron chi connectivity index (χ0n) is 13.8. The Hall–Kier alpha value is -1.50. The number of aromatic nitrogens is 1. The van der Waals surface area contributed by atoms with Gasteiger partial charge in [0.05, 0.1) is 16.9 Å². The Bertz CT molecular complexity index is 569. The lowest BCUT2D eigenvalue weighted by Gasteiger charge is -2.32. The molecule has 0 saturated carbocycles. The van der Waals surface area contributed by atoms with Crippen molar-refractivity contribution in [2.24, 2.45) is 0 Å². The molecular formula is C16H23BN2O3. The van der Waals surface area contributed by atoms with Crippen LogP contribution in [-0.2, 0) is 9.31 Å². The molecule has 0 aliphatic carbocycles. The summed E-state index contributed by atoms with van der Waals surface area (Å²) in [4.78, 5) is 15.4. The number of likely N-dealkylation sites (N-methyl/N-ethyl adjacent to an activating group) is 1. The van der Waals surface area contributed by atoms with E-state index in [1.807, 2.05) is 40.8 Å². The van der Waals surface area contributed by atoms with E-state index < -0.39 is 18.3 Å². The average molecular weight is 302 g/mol. The molecule has 0 unspecified atom stereocenters. The molecule has 0 spiro atoms. The monoisotopic (exact) mass is 302 g/mol. The molecule has 0 aromatic carbocycles. The first-order valence-electron chi connectivity index (χ1n) is 7.41. The summed E-state index contributed by atoms with van der Waals surface area (Å²) in [5.41, 5.74) is 1.28. The second-order valence-corrected chi connectivity index (χ2v) is 6.43. The maximum atomic E-state index is 11.1. The highest BCUT2D eigenvalue weighted by molar-refractivity contribution is 6.55. The van der Waals surface area contributed by atoms with Gasteiger partial charge in [0.2, 0.25) is 0 Å². The second-order valence-electron chi connectivity index (χ2n) is 6.43. The van der Waals surface area contributed by atoms with Crippen LogP contribution in [0.2, 0.25) is 0 Å². The van der Waals surface area contributed by atoms with Crippen molar-refractivity contribution < 1.29 is 14.1 Å². The zero-order valence-corrected chi connectivity index (χ0v) is 13.8. The Balaban J connectivity index is 2.35. The molecule has 2 heterocycles. The smallest absolute Gasteiger partial charge is 0.400 e. The Morgan fingerprint density at radius 2 is 1.95 bits per heavy atom. The van der Waals surface area contributed by atoms with Gasteiger partial charge < -0.3 is 14.6 Å². The fraction of sp³-hybridized carbons (Fsp3) is 0.500. The van der Waals surface area contributed by atoms with Crippen molar-refractivity contribution in [1.29, 1.82) is 0 Å². The van der Waals surface area contributed by atoms with Crippen molar-refractivity contribution in [2.75, 3.05) is 13.6 Å². The van der Waals surface area contributed by atoms with E-state index in [-0.39, 0.29) is 0 Å². The predicted molar refractivity (Wildman–Crippen MR) is 87.6 cm³/mol. The minimum Gasteiger partial charge on any atom is -0.400 e. The maximum absolute atomic E-state index is 11.1. The Morgan fingerprint density at radius 3 is 2.50 bits per heavy atom. The van der Waals surface area contributed by atoms with E-state index in [1.165, 1.54) is 0 Å². The normalized spacial score (nSPS) is 20.2. The minimum absolute atomic E-state index is 0.401. The van der Waals surface area contributed by atoms with Crippen LogP contribution in [0.5, 0.6) is 0 Å². The zero-order chi connectivity index (χ0) is 16.4.